The lowest BCUT2D eigenvalue weighted by Crippen LogP contribution is -2.36. The summed E-state index contributed by atoms with van der Waals surface area (Å²) in [6, 6.07) is 14.7. The number of imide groups is 1. The predicted octanol–water partition coefficient (Wildman–Crippen LogP) is 4.12. The summed E-state index contributed by atoms with van der Waals surface area (Å²) in [4.78, 5) is 39.4. The van der Waals surface area contributed by atoms with Crippen molar-refractivity contribution >= 4 is 44.7 Å². The Morgan fingerprint density at radius 2 is 1.48 bits per heavy atom. The maximum absolute atomic E-state index is 13.2. The first kappa shape index (κ1) is 19.9. The second-order valence-electron chi connectivity index (χ2n) is 8.23. The molecule has 0 saturated carbocycles. The summed E-state index contributed by atoms with van der Waals surface area (Å²) in [5.41, 5.74) is 4.44. The van der Waals surface area contributed by atoms with Crippen LogP contribution in [0.3, 0.4) is 0 Å². The topological polar surface area (TPSA) is 87.5 Å². The molecule has 0 fully saturated rings. The van der Waals surface area contributed by atoms with Crippen LogP contribution in [0.1, 0.15) is 43.1 Å². The van der Waals surface area contributed by atoms with Gasteiger partial charge in [0.2, 0.25) is 0 Å². The van der Waals surface area contributed by atoms with Crippen LogP contribution in [0.2, 0.25) is 0 Å². The highest BCUT2D eigenvalue weighted by atomic mass is 79.9. The molecule has 0 spiro atoms. The second-order valence-corrected chi connectivity index (χ2v) is 9.14. The second kappa shape index (κ2) is 7.11. The van der Waals surface area contributed by atoms with Gasteiger partial charge in [-0.15, -0.1) is 0 Å². The number of hydrogen-bond donors (Lipinski definition) is 1. The van der Waals surface area contributed by atoms with E-state index in [-0.39, 0.29) is 11.1 Å². The Balaban J connectivity index is 1.41. The molecule has 4 aromatic rings. The van der Waals surface area contributed by atoms with E-state index in [9.17, 15) is 14.4 Å². The van der Waals surface area contributed by atoms with Crippen LogP contribution in [0.25, 0.3) is 16.5 Å². The summed E-state index contributed by atoms with van der Waals surface area (Å²) in [6.07, 6.45) is 3.11. The van der Waals surface area contributed by atoms with Crippen LogP contribution in [0.5, 0.6) is 0 Å². The summed E-state index contributed by atoms with van der Waals surface area (Å²) in [5, 5.41) is 9.79. The van der Waals surface area contributed by atoms with E-state index >= 15 is 0 Å². The Morgan fingerprint density at radius 1 is 0.879 bits per heavy atom. The van der Waals surface area contributed by atoms with Crippen molar-refractivity contribution in [1.29, 1.82) is 0 Å². The van der Waals surface area contributed by atoms with E-state index in [1.165, 1.54) is 22.0 Å². The smallest absolute Gasteiger partial charge is 0.282 e. The van der Waals surface area contributed by atoms with Gasteiger partial charge in [0.25, 0.3) is 17.4 Å². The standard InChI is InChI=1S/C25H17BrN4O3/c1-13-20(25(33)29(28-13)17-8-6-16(26)7-9-17)12-27-30-23(31)18-10-4-14-2-3-15-5-11-19(24(30)32)22(18)21(14)15/h4-12,28H,2-3H2,1H3. The third-order valence-corrected chi connectivity index (χ3v) is 6.88. The van der Waals surface area contributed by atoms with Gasteiger partial charge in [-0.1, -0.05) is 28.1 Å². The largest absolute Gasteiger partial charge is 0.295 e. The molecule has 1 N–H and O–H groups in total. The normalized spacial score (nSPS) is 14.8. The van der Waals surface area contributed by atoms with Crippen molar-refractivity contribution in [2.75, 3.05) is 0 Å². The van der Waals surface area contributed by atoms with E-state index in [1.807, 2.05) is 24.3 Å². The number of hydrogen-bond acceptors (Lipinski definition) is 4. The molecule has 1 aliphatic heterocycles. The molecule has 1 aromatic heterocycles. The summed E-state index contributed by atoms with van der Waals surface area (Å²) in [5.74, 6) is -0.971. The Labute approximate surface area is 196 Å². The maximum Gasteiger partial charge on any atom is 0.282 e. The van der Waals surface area contributed by atoms with Gasteiger partial charge in [-0.3, -0.25) is 19.5 Å². The molecule has 0 radical (unpaired) electrons. The highest BCUT2D eigenvalue weighted by Gasteiger charge is 2.35. The molecule has 8 heteroatoms. The molecular formula is C25H17BrN4O3. The molecular weight excluding hydrogens is 484 g/mol. The fourth-order valence-electron chi connectivity index (χ4n) is 4.71. The van der Waals surface area contributed by atoms with E-state index in [1.54, 1.807) is 31.2 Å². The molecule has 7 nitrogen and oxygen atoms in total. The summed E-state index contributed by atoms with van der Waals surface area (Å²) >= 11 is 3.38. The number of benzene rings is 3. The van der Waals surface area contributed by atoms with Gasteiger partial charge in [-0.2, -0.15) is 10.1 Å². The van der Waals surface area contributed by atoms with E-state index in [4.69, 9.17) is 0 Å². The van der Waals surface area contributed by atoms with Crippen molar-refractivity contribution in [2.45, 2.75) is 19.8 Å². The van der Waals surface area contributed by atoms with E-state index in [0.29, 0.717) is 22.5 Å². The van der Waals surface area contributed by atoms with Crippen LogP contribution in [-0.2, 0) is 12.8 Å². The number of aromatic amines is 1. The molecule has 3 aromatic carbocycles. The van der Waals surface area contributed by atoms with Gasteiger partial charge in [0.1, 0.15) is 0 Å². The zero-order valence-corrected chi connectivity index (χ0v) is 19.1. The lowest BCUT2D eigenvalue weighted by Gasteiger charge is -2.23. The van der Waals surface area contributed by atoms with Gasteiger partial charge >= 0.3 is 0 Å². The third kappa shape index (κ3) is 2.87. The first-order valence-electron chi connectivity index (χ1n) is 10.5. The fourth-order valence-corrected chi connectivity index (χ4v) is 4.97. The number of nitrogens with zero attached hydrogens (tertiary/aromatic N) is 3. The average molecular weight is 501 g/mol. The Morgan fingerprint density at radius 3 is 2.09 bits per heavy atom. The number of carbonyl (C=O) groups is 2. The quantitative estimate of drug-likeness (QED) is 0.339. The van der Waals surface area contributed by atoms with Gasteiger partial charge in [0, 0.05) is 15.6 Å². The fraction of sp³-hybridized carbons (Fsp3) is 0.120. The number of aromatic nitrogens is 2. The molecule has 2 heterocycles. The highest BCUT2D eigenvalue weighted by Crippen LogP contribution is 2.38. The van der Waals surface area contributed by atoms with E-state index in [0.717, 1.165) is 33.1 Å². The highest BCUT2D eigenvalue weighted by molar-refractivity contribution is 9.10. The number of nitrogens with one attached hydrogen (secondary N) is 1. The lowest BCUT2D eigenvalue weighted by molar-refractivity contribution is 0.0616. The molecule has 2 aliphatic rings. The van der Waals surface area contributed by atoms with E-state index < -0.39 is 11.8 Å². The minimum atomic E-state index is -0.485. The number of aryl methyl sites for hydroxylation is 3. The number of halogens is 1. The van der Waals surface area contributed by atoms with Crippen LogP contribution in [0.4, 0.5) is 0 Å². The molecule has 0 atom stereocenters. The van der Waals surface area contributed by atoms with Crippen molar-refractivity contribution in [3.63, 3.8) is 0 Å². The third-order valence-electron chi connectivity index (χ3n) is 6.35. The maximum atomic E-state index is 13.2. The predicted molar refractivity (Wildman–Crippen MR) is 128 cm³/mol. The molecule has 0 saturated heterocycles. The van der Waals surface area contributed by atoms with Gasteiger partial charge in [-0.05, 0) is 72.7 Å². The van der Waals surface area contributed by atoms with Crippen LogP contribution >= 0.6 is 15.9 Å². The van der Waals surface area contributed by atoms with Crippen LogP contribution in [0, 0.1) is 6.92 Å². The van der Waals surface area contributed by atoms with Crippen molar-refractivity contribution in [3.8, 4) is 5.69 Å². The minimum absolute atomic E-state index is 0.276. The Hall–Kier alpha value is -3.78. The Kier molecular flexibility index (Phi) is 4.28. The van der Waals surface area contributed by atoms with Crippen LogP contribution < -0.4 is 5.56 Å². The molecule has 0 bridgehead atoms. The number of carbonyl (C=O) groups excluding carboxylic acids is 2. The van der Waals surface area contributed by atoms with Crippen LogP contribution in [0.15, 0.2) is 62.9 Å². The number of H-pyrrole nitrogens is 1. The first-order chi connectivity index (χ1) is 15.9. The molecule has 33 heavy (non-hydrogen) atoms. The molecule has 6 rings (SSSR count). The van der Waals surface area contributed by atoms with Crippen molar-refractivity contribution < 1.29 is 9.59 Å². The van der Waals surface area contributed by atoms with Crippen molar-refractivity contribution in [1.82, 2.24) is 14.8 Å². The van der Waals surface area contributed by atoms with Crippen molar-refractivity contribution in [3.05, 3.63) is 96.9 Å². The molecule has 1 aliphatic carbocycles. The van der Waals surface area contributed by atoms with Gasteiger partial charge in [-0.25, -0.2) is 4.68 Å². The number of amides is 2. The number of hydrazone groups is 1. The molecule has 162 valence electrons. The van der Waals surface area contributed by atoms with Gasteiger partial charge < -0.3 is 0 Å². The summed E-state index contributed by atoms with van der Waals surface area (Å²) < 4.78 is 2.30. The lowest BCUT2D eigenvalue weighted by atomic mass is 9.92. The van der Waals surface area contributed by atoms with Gasteiger partial charge in [0.15, 0.2) is 0 Å². The number of rotatable bonds is 3. The first-order valence-corrected chi connectivity index (χ1v) is 11.3. The average Bonchev–Trinajstić information content (AvgIpc) is 3.36. The monoisotopic (exact) mass is 500 g/mol. The van der Waals surface area contributed by atoms with E-state index in [2.05, 4.69) is 26.1 Å². The Bertz CT molecular complexity index is 1540. The van der Waals surface area contributed by atoms with Gasteiger partial charge in [0.05, 0.1) is 28.6 Å². The summed E-state index contributed by atoms with van der Waals surface area (Å²) in [6.45, 7) is 1.74. The minimum Gasteiger partial charge on any atom is -0.295 e. The molecule has 0 unspecified atom stereocenters. The zero-order valence-electron chi connectivity index (χ0n) is 17.6. The SMILES string of the molecule is Cc1[nH]n(-c2ccc(Br)cc2)c(=O)c1C=NN1C(=O)c2ccc3c4c(ccc(c24)C1=O)CC3. The summed E-state index contributed by atoms with van der Waals surface area (Å²) in [7, 11) is 0. The van der Waals surface area contributed by atoms with Crippen LogP contribution in [-0.4, -0.2) is 32.8 Å². The zero-order chi connectivity index (χ0) is 22.9. The van der Waals surface area contributed by atoms with Crippen molar-refractivity contribution in [2.24, 2.45) is 5.10 Å². The molecule has 2 amide bonds.